The lowest BCUT2D eigenvalue weighted by Crippen LogP contribution is -2.33. The molecule has 0 aromatic rings. The first-order chi connectivity index (χ1) is 4.31. The average Bonchev–Trinajstić information content (AvgIpc) is 1.61. The van der Waals surface area contributed by atoms with Crippen LogP contribution in [0.15, 0.2) is 0 Å². The van der Waals surface area contributed by atoms with Gasteiger partial charge in [0.1, 0.15) is 0 Å². The van der Waals surface area contributed by atoms with Gasteiger partial charge in [-0.25, -0.2) is 8.42 Å². The highest BCUT2D eigenvalue weighted by Gasteiger charge is 2.28. The van der Waals surface area contributed by atoms with Crippen LogP contribution in [0.4, 0.5) is 0 Å². The highest BCUT2D eigenvalue weighted by molar-refractivity contribution is 7.92. The fraction of sp³-hybridized carbons (Fsp3) is 1.00. The lowest BCUT2D eigenvalue weighted by Gasteiger charge is -2.20. The van der Waals surface area contributed by atoms with E-state index in [9.17, 15) is 8.42 Å². The zero-order valence-electron chi connectivity index (χ0n) is 6.72. The van der Waals surface area contributed by atoms with Gasteiger partial charge in [-0.3, -0.25) is 0 Å². The second-order valence-electron chi connectivity index (χ2n) is 3.07. The van der Waals surface area contributed by atoms with E-state index in [0.717, 1.165) is 0 Å². The fourth-order valence-electron chi connectivity index (χ4n) is 0.533. The van der Waals surface area contributed by atoms with Crippen molar-refractivity contribution in [1.29, 1.82) is 0 Å². The largest absolute Gasteiger partial charge is 0.330 e. The second kappa shape index (κ2) is 2.88. The first kappa shape index (κ1) is 9.91. The zero-order chi connectivity index (χ0) is 8.41. The van der Waals surface area contributed by atoms with Crippen molar-refractivity contribution in [2.24, 2.45) is 5.73 Å². The highest BCUT2D eigenvalue weighted by Crippen LogP contribution is 2.17. The van der Waals surface area contributed by atoms with Crippen LogP contribution in [-0.4, -0.2) is 26.0 Å². The summed E-state index contributed by atoms with van der Waals surface area (Å²) in [7, 11) is -2.94. The van der Waals surface area contributed by atoms with Gasteiger partial charge in [-0.15, -0.1) is 0 Å². The molecule has 0 aliphatic carbocycles. The molecule has 3 nitrogen and oxygen atoms in total. The van der Waals surface area contributed by atoms with Crippen LogP contribution in [0.5, 0.6) is 0 Å². The maximum atomic E-state index is 11.0. The summed E-state index contributed by atoms with van der Waals surface area (Å²) in [6.45, 7) is 3.80. The molecule has 0 spiro atoms. The number of hydrogen-bond donors (Lipinski definition) is 1. The van der Waals surface area contributed by atoms with E-state index in [2.05, 4.69) is 0 Å². The van der Waals surface area contributed by atoms with Crippen LogP contribution in [0, 0.1) is 0 Å². The normalized spacial score (nSPS) is 13.6. The summed E-state index contributed by atoms with van der Waals surface area (Å²) in [5.74, 6) is 0. The molecule has 0 aromatic carbocycles. The third kappa shape index (κ3) is 2.27. The Bertz CT molecular complexity index is 194. The van der Waals surface area contributed by atoms with Crippen molar-refractivity contribution in [2.45, 2.75) is 25.0 Å². The summed E-state index contributed by atoms with van der Waals surface area (Å²) < 4.78 is 21.3. The molecule has 0 atom stereocenters. The minimum Gasteiger partial charge on any atom is -0.330 e. The lowest BCUT2D eigenvalue weighted by molar-refractivity contribution is 0.536. The van der Waals surface area contributed by atoms with Gasteiger partial charge in [-0.05, 0) is 26.8 Å². The molecule has 4 heteroatoms. The second-order valence-corrected chi connectivity index (χ2v) is 5.72. The van der Waals surface area contributed by atoms with E-state index in [0.29, 0.717) is 13.0 Å². The van der Waals surface area contributed by atoms with Crippen LogP contribution in [0.3, 0.4) is 0 Å². The summed E-state index contributed by atoms with van der Waals surface area (Å²) in [4.78, 5) is 0. The molecule has 0 aliphatic heterocycles. The molecule has 62 valence electrons. The Morgan fingerprint density at radius 2 is 1.80 bits per heavy atom. The maximum absolute atomic E-state index is 11.0. The van der Waals surface area contributed by atoms with E-state index in [1.54, 1.807) is 13.8 Å². The van der Waals surface area contributed by atoms with E-state index in [1.807, 2.05) is 0 Å². The molecule has 0 rings (SSSR count). The van der Waals surface area contributed by atoms with Gasteiger partial charge in [0, 0.05) is 6.26 Å². The molecule has 0 radical (unpaired) electrons. The molecule has 0 bridgehead atoms. The molecule has 0 aromatic heterocycles. The summed E-state index contributed by atoms with van der Waals surface area (Å²) in [5, 5.41) is 0. The molecule has 0 heterocycles. The molecule has 0 saturated carbocycles. The molecular weight excluding hydrogens is 150 g/mol. The predicted molar refractivity (Wildman–Crippen MR) is 42.6 cm³/mol. The molecular formula is C6H15NO2S. The molecule has 0 unspecified atom stereocenters. The van der Waals surface area contributed by atoms with E-state index >= 15 is 0 Å². The average molecular weight is 165 g/mol. The van der Waals surface area contributed by atoms with Gasteiger partial charge < -0.3 is 5.73 Å². The smallest absolute Gasteiger partial charge is 0.152 e. The van der Waals surface area contributed by atoms with Crippen molar-refractivity contribution in [3.8, 4) is 0 Å². The Hall–Kier alpha value is -0.0900. The van der Waals surface area contributed by atoms with Crippen molar-refractivity contribution >= 4 is 9.84 Å². The van der Waals surface area contributed by atoms with Crippen molar-refractivity contribution < 1.29 is 8.42 Å². The van der Waals surface area contributed by atoms with Gasteiger partial charge in [0.25, 0.3) is 0 Å². The van der Waals surface area contributed by atoms with Crippen LogP contribution >= 0.6 is 0 Å². The Morgan fingerprint density at radius 3 is 1.90 bits per heavy atom. The molecule has 0 amide bonds. The topological polar surface area (TPSA) is 60.2 Å². The van der Waals surface area contributed by atoms with Crippen LogP contribution < -0.4 is 5.73 Å². The number of nitrogens with two attached hydrogens (primary N) is 1. The van der Waals surface area contributed by atoms with Gasteiger partial charge in [0.05, 0.1) is 4.75 Å². The molecule has 0 aliphatic rings. The first-order valence-electron chi connectivity index (χ1n) is 3.21. The van der Waals surface area contributed by atoms with Crippen molar-refractivity contribution in [2.75, 3.05) is 12.8 Å². The summed E-state index contributed by atoms with van der Waals surface area (Å²) >= 11 is 0. The number of hydrogen-bond acceptors (Lipinski definition) is 3. The summed E-state index contributed by atoms with van der Waals surface area (Å²) in [5.41, 5.74) is 5.25. The van der Waals surface area contributed by atoms with Crippen LogP contribution in [0.1, 0.15) is 20.3 Å². The van der Waals surface area contributed by atoms with Crippen molar-refractivity contribution in [3.63, 3.8) is 0 Å². The molecule has 2 N–H and O–H groups in total. The number of sulfone groups is 1. The van der Waals surface area contributed by atoms with Gasteiger partial charge in [-0.1, -0.05) is 0 Å². The standard InChI is InChI=1S/C6H15NO2S/c1-6(2,4-5-7)10(3,8)9/h4-5,7H2,1-3H3. The SMILES string of the molecule is CC(C)(CCN)S(C)(=O)=O. The predicted octanol–water partition coefficient (Wildman–Crippen LogP) is 0.158. The molecule has 0 fully saturated rings. The fourth-order valence-corrected chi connectivity index (χ4v) is 1.02. The zero-order valence-corrected chi connectivity index (χ0v) is 7.53. The van der Waals surface area contributed by atoms with E-state index in [1.165, 1.54) is 6.26 Å². The summed E-state index contributed by atoms with van der Waals surface area (Å²) in [6.07, 6.45) is 1.76. The van der Waals surface area contributed by atoms with Gasteiger partial charge >= 0.3 is 0 Å². The van der Waals surface area contributed by atoms with Gasteiger partial charge in [0.15, 0.2) is 9.84 Å². The summed E-state index contributed by atoms with van der Waals surface area (Å²) in [6, 6.07) is 0. The Kier molecular flexibility index (Phi) is 2.86. The quantitative estimate of drug-likeness (QED) is 0.648. The monoisotopic (exact) mass is 165 g/mol. The minimum atomic E-state index is -2.94. The third-order valence-electron chi connectivity index (χ3n) is 1.75. The third-order valence-corrected chi connectivity index (χ3v) is 3.96. The van der Waals surface area contributed by atoms with E-state index < -0.39 is 14.6 Å². The van der Waals surface area contributed by atoms with Crippen molar-refractivity contribution in [1.82, 2.24) is 0 Å². The minimum absolute atomic E-state index is 0.417. The Labute approximate surface area is 62.5 Å². The van der Waals surface area contributed by atoms with Crippen LogP contribution in [0.25, 0.3) is 0 Å². The Balaban J connectivity index is 4.42. The van der Waals surface area contributed by atoms with Gasteiger partial charge in [-0.2, -0.15) is 0 Å². The van der Waals surface area contributed by atoms with Gasteiger partial charge in [0.2, 0.25) is 0 Å². The van der Waals surface area contributed by atoms with Crippen LogP contribution in [-0.2, 0) is 9.84 Å². The Morgan fingerprint density at radius 1 is 1.40 bits per heavy atom. The first-order valence-corrected chi connectivity index (χ1v) is 5.10. The van der Waals surface area contributed by atoms with Crippen LogP contribution in [0.2, 0.25) is 0 Å². The number of rotatable bonds is 3. The highest BCUT2D eigenvalue weighted by atomic mass is 32.2. The lowest BCUT2D eigenvalue weighted by atomic mass is 10.1. The molecule has 0 saturated heterocycles. The van der Waals surface area contributed by atoms with E-state index in [4.69, 9.17) is 5.73 Å². The maximum Gasteiger partial charge on any atom is 0.152 e. The van der Waals surface area contributed by atoms with Crippen molar-refractivity contribution in [3.05, 3.63) is 0 Å². The molecule has 10 heavy (non-hydrogen) atoms. The van der Waals surface area contributed by atoms with E-state index in [-0.39, 0.29) is 0 Å².